The molecule has 0 aromatic heterocycles. The zero-order chi connectivity index (χ0) is 18.8. The summed E-state index contributed by atoms with van der Waals surface area (Å²) in [6.07, 6.45) is 0. The van der Waals surface area contributed by atoms with Crippen LogP contribution in [-0.4, -0.2) is 0 Å². The van der Waals surface area contributed by atoms with E-state index in [1.165, 1.54) is 44.2 Å². The molecule has 6 N–H and O–H groups in total. The van der Waals surface area contributed by atoms with E-state index in [0.29, 0.717) is 0 Å². The lowest BCUT2D eigenvalue weighted by atomic mass is 9.88. The maximum atomic E-state index is 2.24. The van der Waals surface area contributed by atoms with Crippen molar-refractivity contribution in [2.75, 3.05) is 0 Å². The van der Waals surface area contributed by atoms with Gasteiger partial charge < -0.3 is 12.3 Å². The molecular weight excluding hydrogens is 364 g/mol. The van der Waals surface area contributed by atoms with Crippen molar-refractivity contribution in [3.05, 3.63) is 121 Å². The van der Waals surface area contributed by atoms with Gasteiger partial charge in [-0.3, -0.25) is 0 Å². The Hall–Kier alpha value is -3.72. The van der Waals surface area contributed by atoms with Gasteiger partial charge in [0, 0.05) is 0 Å². The third kappa shape index (κ3) is 3.74. The Morgan fingerprint density at radius 1 is 0.300 bits per heavy atom. The molecule has 0 amide bonds. The smallest absolute Gasteiger partial charge is 0.00990 e. The molecule has 0 atom stereocenters. The van der Waals surface area contributed by atoms with Gasteiger partial charge in [0.15, 0.2) is 0 Å². The Balaban J connectivity index is 0.00000128. The Labute approximate surface area is 178 Å². The second-order valence-corrected chi connectivity index (χ2v) is 6.98. The van der Waals surface area contributed by atoms with Gasteiger partial charge in [-0.15, -0.1) is 0 Å². The molecule has 5 aromatic carbocycles. The highest BCUT2D eigenvalue weighted by atomic mass is 14.2. The summed E-state index contributed by atoms with van der Waals surface area (Å²) < 4.78 is 0. The molecule has 0 saturated carbocycles. The van der Waals surface area contributed by atoms with Crippen molar-refractivity contribution in [1.82, 2.24) is 12.3 Å². The molecule has 2 heteroatoms. The van der Waals surface area contributed by atoms with Crippen molar-refractivity contribution in [1.29, 1.82) is 0 Å². The third-order valence-corrected chi connectivity index (χ3v) is 5.31. The molecule has 0 saturated heterocycles. The van der Waals surface area contributed by atoms with E-state index in [9.17, 15) is 0 Å². The first kappa shape index (κ1) is 21.0. The van der Waals surface area contributed by atoms with Crippen LogP contribution in [0.1, 0.15) is 0 Å². The number of fused-ring (bicyclic) bond motifs is 1. The molecule has 0 aliphatic heterocycles. The maximum Gasteiger partial charge on any atom is -0.00990 e. The zero-order valence-corrected chi connectivity index (χ0v) is 17.0. The van der Waals surface area contributed by atoms with Gasteiger partial charge >= 0.3 is 0 Å². The van der Waals surface area contributed by atoms with Crippen LogP contribution in [0, 0.1) is 0 Å². The summed E-state index contributed by atoms with van der Waals surface area (Å²) in [6.45, 7) is 0. The van der Waals surface area contributed by atoms with Crippen LogP contribution in [0.5, 0.6) is 0 Å². The van der Waals surface area contributed by atoms with Gasteiger partial charge in [0.25, 0.3) is 0 Å². The minimum atomic E-state index is 0. The Bertz CT molecular complexity index is 1250. The summed E-state index contributed by atoms with van der Waals surface area (Å²) in [5.41, 5.74) is 7.57. The van der Waals surface area contributed by atoms with E-state index in [4.69, 9.17) is 0 Å². The van der Waals surface area contributed by atoms with E-state index in [1.54, 1.807) is 0 Å². The standard InChI is InChI=1S/C28H20.2H3N/c1-2-11-21(12-3-1)23-16-6-7-17-25(23)27-18-8-9-19-28(27)26-20-10-14-22-13-4-5-15-24(22)26;;/h1-20H;2*1H3. The molecule has 148 valence electrons. The normalized spacial score (nSPS) is 10.1. The molecule has 0 fully saturated rings. The van der Waals surface area contributed by atoms with E-state index in [1.807, 2.05) is 0 Å². The van der Waals surface area contributed by atoms with E-state index in [2.05, 4.69) is 121 Å². The van der Waals surface area contributed by atoms with Crippen LogP contribution in [0.2, 0.25) is 0 Å². The quantitative estimate of drug-likeness (QED) is 0.326. The number of benzene rings is 5. The fourth-order valence-corrected chi connectivity index (χ4v) is 4.00. The second-order valence-electron chi connectivity index (χ2n) is 6.98. The number of hydrogen-bond acceptors (Lipinski definition) is 2. The summed E-state index contributed by atoms with van der Waals surface area (Å²) in [5.74, 6) is 0. The van der Waals surface area contributed by atoms with Gasteiger partial charge in [-0.1, -0.05) is 121 Å². The average molecular weight is 391 g/mol. The Morgan fingerprint density at radius 3 is 1.43 bits per heavy atom. The summed E-state index contributed by atoms with van der Waals surface area (Å²) in [7, 11) is 0. The number of hydrogen-bond donors (Lipinski definition) is 2. The molecule has 30 heavy (non-hydrogen) atoms. The minimum absolute atomic E-state index is 0. The van der Waals surface area contributed by atoms with Crippen LogP contribution in [0.4, 0.5) is 0 Å². The fourth-order valence-electron chi connectivity index (χ4n) is 4.00. The van der Waals surface area contributed by atoms with Crippen LogP contribution >= 0.6 is 0 Å². The monoisotopic (exact) mass is 390 g/mol. The first-order valence-electron chi connectivity index (χ1n) is 9.64. The van der Waals surface area contributed by atoms with Crippen molar-refractivity contribution in [2.24, 2.45) is 0 Å². The van der Waals surface area contributed by atoms with Crippen molar-refractivity contribution in [3.63, 3.8) is 0 Å². The lowest BCUT2D eigenvalue weighted by molar-refractivity contribution is 1.57. The zero-order valence-electron chi connectivity index (χ0n) is 17.0. The second kappa shape index (κ2) is 9.19. The van der Waals surface area contributed by atoms with Gasteiger partial charge in [0.1, 0.15) is 0 Å². The van der Waals surface area contributed by atoms with Crippen molar-refractivity contribution >= 4 is 10.8 Å². The predicted molar refractivity (Wildman–Crippen MR) is 130 cm³/mol. The van der Waals surface area contributed by atoms with Gasteiger partial charge in [-0.25, -0.2) is 0 Å². The van der Waals surface area contributed by atoms with Crippen molar-refractivity contribution in [3.8, 4) is 33.4 Å². The largest absolute Gasteiger partial charge is 0.344 e. The van der Waals surface area contributed by atoms with Crippen LogP contribution < -0.4 is 12.3 Å². The highest BCUT2D eigenvalue weighted by molar-refractivity contribution is 6.01. The van der Waals surface area contributed by atoms with E-state index in [0.717, 1.165) is 0 Å². The maximum absolute atomic E-state index is 2.24. The summed E-state index contributed by atoms with van der Waals surface area (Å²) >= 11 is 0. The minimum Gasteiger partial charge on any atom is -0.344 e. The van der Waals surface area contributed by atoms with Gasteiger partial charge in [-0.05, 0) is 44.2 Å². The molecule has 0 aliphatic rings. The lowest BCUT2D eigenvalue weighted by Crippen LogP contribution is -1.89. The van der Waals surface area contributed by atoms with E-state index >= 15 is 0 Å². The Kier molecular flexibility index (Phi) is 6.43. The van der Waals surface area contributed by atoms with Gasteiger partial charge in [0.2, 0.25) is 0 Å². The van der Waals surface area contributed by atoms with E-state index in [-0.39, 0.29) is 12.3 Å². The predicted octanol–water partition coefficient (Wildman–Crippen LogP) is 8.16. The van der Waals surface area contributed by atoms with Crippen LogP contribution in [0.25, 0.3) is 44.2 Å². The molecule has 0 aliphatic carbocycles. The molecule has 0 heterocycles. The topological polar surface area (TPSA) is 70.0 Å². The van der Waals surface area contributed by atoms with Gasteiger partial charge in [-0.2, -0.15) is 0 Å². The van der Waals surface area contributed by atoms with E-state index < -0.39 is 0 Å². The molecular formula is C28H26N2. The van der Waals surface area contributed by atoms with Gasteiger partial charge in [0.05, 0.1) is 0 Å². The molecule has 0 unspecified atom stereocenters. The molecule has 5 aromatic rings. The van der Waals surface area contributed by atoms with Crippen LogP contribution in [-0.2, 0) is 0 Å². The van der Waals surface area contributed by atoms with Crippen LogP contribution in [0.15, 0.2) is 121 Å². The molecule has 2 nitrogen and oxygen atoms in total. The van der Waals surface area contributed by atoms with Crippen molar-refractivity contribution < 1.29 is 0 Å². The summed E-state index contributed by atoms with van der Waals surface area (Å²) in [4.78, 5) is 0. The highest BCUT2D eigenvalue weighted by Crippen LogP contribution is 2.39. The first-order valence-corrected chi connectivity index (χ1v) is 9.64. The highest BCUT2D eigenvalue weighted by Gasteiger charge is 2.13. The third-order valence-electron chi connectivity index (χ3n) is 5.31. The number of rotatable bonds is 3. The summed E-state index contributed by atoms with van der Waals surface area (Å²) in [6, 6.07) is 43.2. The average Bonchev–Trinajstić information content (AvgIpc) is 2.79. The van der Waals surface area contributed by atoms with Crippen LogP contribution in [0.3, 0.4) is 0 Å². The summed E-state index contributed by atoms with van der Waals surface area (Å²) in [5, 5.41) is 2.56. The molecule has 0 spiro atoms. The first-order chi connectivity index (χ1) is 13.9. The SMILES string of the molecule is N.N.c1ccc(-c2ccccc2-c2ccccc2-c2cccc3ccccc23)cc1. The molecule has 5 rings (SSSR count). The lowest BCUT2D eigenvalue weighted by Gasteiger charge is -2.16. The Morgan fingerprint density at radius 2 is 0.733 bits per heavy atom. The fraction of sp³-hybridized carbons (Fsp3) is 0. The van der Waals surface area contributed by atoms with Crippen molar-refractivity contribution in [2.45, 2.75) is 0 Å². The molecule has 0 radical (unpaired) electrons. The molecule has 0 bridgehead atoms.